The highest BCUT2D eigenvalue weighted by molar-refractivity contribution is 8.00. The molecule has 0 saturated heterocycles. The van der Waals surface area contributed by atoms with E-state index in [1.807, 2.05) is 6.92 Å². The van der Waals surface area contributed by atoms with E-state index in [1.165, 1.54) is 23.9 Å². The quantitative estimate of drug-likeness (QED) is 0.451. The molecule has 0 fully saturated rings. The lowest BCUT2D eigenvalue weighted by molar-refractivity contribution is -0.385. The number of esters is 2. The van der Waals surface area contributed by atoms with Crippen molar-refractivity contribution in [1.29, 1.82) is 0 Å². The van der Waals surface area contributed by atoms with Crippen molar-refractivity contribution in [3.8, 4) is 0 Å². The van der Waals surface area contributed by atoms with Gasteiger partial charge in [0.25, 0.3) is 5.69 Å². The Morgan fingerprint density at radius 3 is 2.57 bits per heavy atom. The molecule has 1 aromatic rings. The molecule has 2 aliphatic heterocycles. The molecule has 3 atom stereocenters. The van der Waals surface area contributed by atoms with Crippen LogP contribution in [-0.4, -0.2) is 34.9 Å². The fourth-order valence-corrected chi connectivity index (χ4v) is 5.46. The number of carbonyl (C=O) groups excluding carboxylic acids is 2. The lowest BCUT2D eigenvalue weighted by Gasteiger charge is -2.49. The SMILES string of the molecule is CCOC(=O)C1=C(C)N[C@]2(C)Sc3cc([N+](=O)[O-])ccc3[C@H]1[C@@H]2C(=O)OCC. The molecule has 0 radical (unpaired) electrons. The van der Waals surface area contributed by atoms with E-state index in [2.05, 4.69) is 5.32 Å². The van der Waals surface area contributed by atoms with Crippen molar-refractivity contribution >= 4 is 29.4 Å². The number of nitro groups is 1. The van der Waals surface area contributed by atoms with Gasteiger partial charge in [-0.3, -0.25) is 14.9 Å². The molecule has 0 amide bonds. The van der Waals surface area contributed by atoms with Crippen LogP contribution in [0.25, 0.3) is 0 Å². The second-order valence-electron chi connectivity index (χ2n) is 6.78. The van der Waals surface area contributed by atoms with Crippen molar-refractivity contribution in [2.24, 2.45) is 5.92 Å². The fourth-order valence-electron chi connectivity index (χ4n) is 3.95. The first-order valence-electron chi connectivity index (χ1n) is 9.03. The van der Waals surface area contributed by atoms with E-state index in [0.29, 0.717) is 21.7 Å². The lowest BCUT2D eigenvalue weighted by Crippen LogP contribution is -2.57. The molecular formula is C19H22N2O6S. The molecule has 0 saturated carbocycles. The van der Waals surface area contributed by atoms with E-state index in [4.69, 9.17) is 9.47 Å². The van der Waals surface area contributed by atoms with Gasteiger partial charge in [0, 0.05) is 28.6 Å². The molecule has 0 unspecified atom stereocenters. The Kier molecular flexibility index (Phi) is 5.38. The van der Waals surface area contributed by atoms with Crippen LogP contribution in [0.1, 0.15) is 39.2 Å². The maximum absolute atomic E-state index is 12.9. The number of allylic oxidation sites excluding steroid dienone is 1. The minimum atomic E-state index is -0.820. The van der Waals surface area contributed by atoms with Gasteiger partial charge < -0.3 is 14.8 Å². The summed E-state index contributed by atoms with van der Waals surface area (Å²) in [5, 5.41) is 14.5. The molecule has 8 nitrogen and oxygen atoms in total. The predicted molar refractivity (Wildman–Crippen MR) is 103 cm³/mol. The minimum absolute atomic E-state index is 0.0408. The predicted octanol–water partition coefficient (Wildman–Crippen LogP) is 3.12. The molecular weight excluding hydrogens is 384 g/mol. The standard InChI is InChI=1S/C19H22N2O6S/c1-5-26-17(22)14-10(3)20-19(4)16(18(23)27-6-2)15(14)12-8-7-11(21(24)25)9-13(12)28-19/h7-9,15-16,20H,5-6H2,1-4H3/t15-,16-,19-/m1/s1. The van der Waals surface area contributed by atoms with Gasteiger partial charge in [0.15, 0.2) is 0 Å². The molecule has 0 spiro atoms. The molecule has 28 heavy (non-hydrogen) atoms. The number of thioether (sulfide) groups is 1. The van der Waals surface area contributed by atoms with Crippen LogP contribution in [0.3, 0.4) is 0 Å². The molecule has 0 aliphatic carbocycles. The first-order valence-corrected chi connectivity index (χ1v) is 9.85. The number of non-ortho nitro benzene ring substituents is 1. The number of rotatable bonds is 5. The summed E-state index contributed by atoms with van der Waals surface area (Å²) in [7, 11) is 0. The summed E-state index contributed by atoms with van der Waals surface area (Å²) in [5.41, 5.74) is 1.63. The van der Waals surface area contributed by atoms with E-state index < -0.39 is 33.6 Å². The molecule has 3 rings (SSSR count). The second kappa shape index (κ2) is 7.46. The maximum Gasteiger partial charge on any atom is 0.336 e. The molecule has 2 bridgehead atoms. The Hall–Kier alpha value is -2.55. The largest absolute Gasteiger partial charge is 0.466 e. The number of hydrogen-bond donors (Lipinski definition) is 1. The summed E-state index contributed by atoms with van der Waals surface area (Å²) in [6.45, 7) is 7.48. The number of ether oxygens (including phenoxy) is 2. The van der Waals surface area contributed by atoms with E-state index in [0.717, 1.165) is 0 Å². The van der Waals surface area contributed by atoms with Crippen LogP contribution in [-0.2, 0) is 19.1 Å². The Bertz CT molecular complexity index is 883. The third-order valence-electron chi connectivity index (χ3n) is 4.98. The Balaban J connectivity index is 2.22. The van der Waals surface area contributed by atoms with Gasteiger partial charge in [-0.2, -0.15) is 0 Å². The molecule has 9 heteroatoms. The van der Waals surface area contributed by atoms with E-state index in [-0.39, 0.29) is 18.9 Å². The molecule has 2 heterocycles. The Morgan fingerprint density at radius 2 is 1.96 bits per heavy atom. The average molecular weight is 406 g/mol. The normalized spacial score (nSPS) is 25.4. The van der Waals surface area contributed by atoms with Crippen molar-refractivity contribution in [3.63, 3.8) is 0 Å². The zero-order chi connectivity index (χ0) is 20.6. The van der Waals surface area contributed by atoms with Crippen LogP contribution in [0.2, 0.25) is 0 Å². The molecule has 2 aliphatic rings. The molecule has 150 valence electrons. The molecule has 1 N–H and O–H groups in total. The first kappa shape index (κ1) is 20.2. The fraction of sp³-hybridized carbons (Fsp3) is 0.474. The zero-order valence-electron chi connectivity index (χ0n) is 16.1. The minimum Gasteiger partial charge on any atom is -0.466 e. The average Bonchev–Trinajstić information content (AvgIpc) is 2.60. The highest BCUT2D eigenvalue weighted by atomic mass is 32.2. The van der Waals surface area contributed by atoms with Gasteiger partial charge >= 0.3 is 11.9 Å². The van der Waals surface area contributed by atoms with Gasteiger partial charge in [0.1, 0.15) is 5.92 Å². The van der Waals surface area contributed by atoms with Crippen LogP contribution in [0.5, 0.6) is 0 Å². The van der Waals surface area contributed by atoms with Crippen LogP contribution in [0.4, 0.5) is 5.69 Å². The van der Waals surface area contributed by atoms with Crippen LogP contribution in [0, 0.1) is 16.0 Å². The first-order chi connectivity index (χ1) is 13.2. The molecule has 1 aromatic carbocycles. The van der Waals surface area contributed by atoms with Crippen molar-refractivity contribution in [2.45, 2.75) is 43.4 Å². The van der Waals surface area contributed by atoms with Gasteiger partial charge in [-0.05, 0) is 33.3 Å². The number of benzene rings is 1. The smallest absolute Gasteiger partial charge is 0.336 e. The van der Waals surface area contributed by atoms with Crippen LogP contribution < -0.4 is 5.32 Å². The van der Waals surface area contributed by atoms with E-state index >= 15 is 0 Å². The third kappa shape index (κ3) is 3.23. The maximum atomic E-state index is 12.9. The van der Waals surface area contributed by atoms with Crippen LogP contribution >= 0.6 is 11.8 Å². The summed E-state index contributed by atoms with van der Waals surface area (Å²) in [4.78, 5) is 36.2. The van der Waals surface area contributed by atoms with E-state index in [9.17, 15) is 19.7 Å². The van der Waals surface area contributed by atoms with Crippen molar-refractivity contribution < 1.29 is 24.0 Å². The van der Waals surface area contributed by atoms with Gasteiger partial charge in [0.05, 0.1) is 28.6 Å². The number of nitrogens with one attached hydrogen (secondary N) is 1. The Morgan fingerprint density at radius 1 is 1.29 bits per heavy atom. The number of fused-ring (bicyclic) bond motifs is 4. The summed E-state index contributed by atoms with van der Waals surface area (Å²) < 4.78 is 10.5. The second-order valence-corrected chi connectivity index (χ2v) is 8.27. The summed E-state index contributed by atoms with van der Waals surface area (Å²) in [6.07, 6.45) is 0. The monoisotopic (exact) mass is 406 g/mol. The molecule has 0 aromatic heterocycles. The highest BCUT2D eigenvalue weighted by Gasteiger charge is 2.56. The summed E-state index contributed by atoms with van der Waals surface area (Å²) in [5.74, 6) is -2.23. The Labute approximate surface area is 166 Å². The van der Waals surface area contributed by atoms with Gasteiger partial charge in [-0.25, -0.2) is 4.79 Å². The third-order valence-corrected chi connectivity index (χ3v) is 6.33. The number of nitro benzene ring substituents is 1. The highest BCUT2D eigenvalue weighted by Crippen LogP contribution is 2.57. The van der Waals surface area contributed by atoms with Gasteiger partial charge in [-0.15, -0.1) is 0 Å². The number of carbonyl (C=O) groups is 2. The van der Waals surface area contributed by atoms with E-state index in [1.54, 1.807) is 26.8 Å². The van der Waals surface area contributed by atoms with Gasteiger partial charge in [0.2, 0.25) is 0 Å². The van der Waals surface area contributed by atoms with Crippen molar-refractivity contribution in [2.75, 3.05) is 13.2 Å². The zero-order valence-corrected chi connectivity index (χ0v) is 16.9. The summed E-state index contributed by atoms with van der Waals surface area (Å²) >= 11 is 1.34. The van der Waals surface area contributed by atoms with Crippen LogP contribution in [0.15, 0.2) is 34.4 Å². The van der Waals surface area contributed by atoms with Crippen molar-refractivity contribution in [1.82, 2.24) is 5.32 Å². The summed E-state index contributed by atoms with van der Waals surface area (Å²) in [6, 6.07) is 4.50. The number of nitrogens with zero attached hydrogens (tertiary/aromatic N) is 1. The van der Waals surface area contributed by atoms with Gasteiger partial charge in [-0.1, -0.05) is 17.8 Å². The lowest BCUT2D eigenvalue weighted by atomic mass is 9.73. The topological polar surface area (TPSA) is 108 Å². The van der Waals surface area contributed by atoms with Crippen molar-refractivity contribution in [3.05, 3.63) is 45.1 Å². The number of hydrogen-bond acceptors (Lipinski definition) is 8.